The molecule has 2 amide bonds. The molecule has 1 aliphatic rings. The van der Waals surface area contributed by atoms with E-state index in [1.54, 1.807) is 23.1 Å². The average molecular weight is 673 g/mol. The van der Waals surface area contributed by atoms with Crippen LogP contribution in [0.3, 0.4) is 0 Å². The molecule has 1 saturated heterocycles. The van der Waals surface area contributed by atoms with Gasteiger partial charge < -0.3 is 5.32 Å². The number of hydrogen-bond donors (Lipinski definition) is 1. The maximum Gasteiger partial charge on any atom is 0.283 e. The van der Waals surface area contributed by atoms with Crippen molar-refractivity contribution in [2.45, 2.75) is 32.6 Å². The molecule has 0 bridgehead atoms. The molecule has 0 atom stereocenters. The van der Waals surface area contributed by atoms with Crippen molar-refractivity contribution in [1.82, 2.24) is 0 Å². The minimum atomic E-state index is -0.469. The summed E-state index contributed by atoms with van der Waals surface area (Å²) in [5, 5.41) is 17.5. The van der Waals surface area contributed by atoms with Gasteiger partial charge in [0.15, 0.2) is 5.17 Å². The van der Waals surface area contributed by atoms with Gasteiger partial charge in [-0.15, -0.1) is 11.8 Å². The van der Waals surface area contributed by atoms with Crippen LogP contribution in [0.2, 0.25) is 0 Å². The van der Waals surface area contributed by atoms with Crippen LogP contribution in [0.25, 0.3) is 16.8 Å². The highest BCUT2D eigenvalue weighted by molar-refractivity contribution is 8.19. The summed E-state index contributed by atoms with van der Waals surface area (Å²) >= 11 is 2.31. The number of amidine groups is 1. The highest BCUT2D eigenvalue weighted by Gasteiger charge is 2.35. The quantitative estimate of drug-likeness (QED) is 0.0762. The number of benzene rings is 5. The maximum absolute atomic E-state index is 13.9. The van der Waals surface area contributed by atoms with E-state index < -0.39 is 4.92 Å². The van der Waals surface area contributed by atoms with E-state index in [0.29, 0.717) is 31.9 Å². The number of aryl methyl sites for hydroxylation is 4. The Morgan fingerprint density at radius 2 is 1.60 bits per heavy atom. The van der Waals surface area contributed by atoms with E-state index in [1.165, 1.54) is 17.8 Å². The van der Waals surface area contributed by atoms with Crippen LogP contribution in [0.5, 0.6) is 0 Å². The third-order valence-corrected chi connectivity index (χ3v) is 10.2. The van der Waals surface area contributed by atoms with E-state index >= 15 is 0 Å². The van der Waals surface area contributed by atoms with Crippen molar-refractivity contribution < 1.29 is 14.5 Å². The van der Waals surface area contributed by atoms with Gasteiger partial charge in [0.1, 0.15) is 0 Å². The second-order valence-electron chi connectivity index (χ2n) is 11.6. The monoisotopic (exact) mass is 672 g/mol. The standard InChI is InChI=1S/C38H32N4O4S2/c1-23-9-13-30(17-25(23)3)40-38-41(32-15-10-24(2)26(4)18-32)37(44)35(48-38)20-27-11-16-34(33(19-27)42(45)46)47-22-36(43)39-31-14-12-28-7-5-6-8-29(28)21-31/h5-21H,22H2,1-4H3,(H,39,43)/b35-20-,40-38?. The molecule has 6 rings (SSSR count). The molecule has 5 aromatic carbocycles. The number of thioether (sulfide) groups is 2. The highest BCUT2D eigenvalue weighted by atomic mass is 32.2. The van der Waals surface area contributed by atoms with Crippen molar-refractivity contribution in [1.29, 1.82) is 0 Å². The summed E-state index contributed by atoms with van der Waals surface area (Å²) in [6.07, 6.45) is 1.65. The van der Waals surface area contributed by atoms with Crippen molar-refractivity contribution in [3.8, 4) is 0 Å². The Kier molecular flexibility index (Phi) is 9.47. The summed E-state index contributed by atoms with van der Waals surface area (Å²) in [6, 6.07) is 30.0. The summed E-state index contributed by atoms with van der Waals surface area (Å²) in [5.41, 5.74) is 6.83. The molecular weight excluding hydrogens is 641 g/mol. The van der Waals surface area contributed by atoms with Gasteiger partial charge in [-0.1, -0.05) is 48.5 Å². The lowest BCUT2D eigenvalue weighted by Gasteiger charge is -2.17. The van der Waals surface area contributed by atoms with Gasteiger partial charge in [-0.05, 0) is 127 Å². The van der Waals surface area contributed by atoms with Crippen LogP contribution >= 0.6 is 23.5 Å². The van der Waals surface area contributed by atoms with Crippen molar-refractivity contribution >= 4 is 80.1 Å². The van der Waals surface area contributed by atoms with E-state index in [2.05, 4.69) is 5.32 Å². The first-order valence-electron chi connectivity index (χ1n) is 15.2. The summed E-state index contributed by atoms with van der Waals surface area (Å²) < 4.78 is 0. The zero-order valence-electron chi connectivity index (χ0n) is 26.8. The first-order valence-corrected chi connectivity index (χ1v) is 17.0. The van der Waals surface area contributed by atoms with Gasteiger partial charge in [-0.3, -0.25) is 24.6 Å². The van der Waals surface area contributed by atoms with Crippen LogP contribution in [0.4, 0.5) is 22.7 Å². The van der Waals surface area contributed by atoms with Crippen LogP contribution in [-0.4, -0.2) is 27.7 Å². The van der Waals surface area contributed by atoms with E-state index in [-0.39, 0.29) is 23.3 Å². The number of nitro benzene ring substituents is 1. The first-order chi connectivity index (χ1) is 23.0. The summed E-state index contributed by atoms with van der Waals surface area (Å²) in [7, 11) is 0. The van der Waals surface area contributed by atoms with Crippen molar-refractivity contribution in [2.75, 3.05) is 16.0 Å². The summed E-state index contributed by atoms with van der Waals surface area (Å²) in [6.45, 7) is 8.06. The van der Waals surface area contributed by atoms with Crippen molar-refractivity contribution in [2.24, 2.45) is 4.99 Å². The van der Waals surface area contributed by atoms with Gasteiger partial charge in [0, 0.05) is 11.8 Å². The van der Waals surface area contributed by atoms with Crippen LogP contribution < -0.4 is 10.2 Å². The van der Waals surface area contributed by atoms with Crippen LogP contribution in [0.1, 0.15) is 27.8 Å². The topological polar surface area (TPSA) is 105 Å². The zero-order chi connectivity index (χ0) is 33.9. The van der Waals surface area contributed by atoms with Gasteiger partial charge in [-0.25, -0.2) is 4.99 Å². The number of carbonyl (C=O) groups excluding carboxylic acids is 2. The molecule has 48 heavy (non-hydrogen) atoms. The number of nitrogens with zero attached hydrogens (tertiary/aromatic N) is 3. The van der Waals surface area contributed by atoms with Crippen molar-refractivity contribution in [3.63, 3.8) is 0 Å². The lowest BCUT2D eigenvalue weighted by atomic mass is 10.1. The summed E-state index contributed by atoms with van der Waals surface area (Å²) in [4.78, 5) is 45.5. The summed E-state index contributed by atoms with van der Waals surface area (Å²) in [5.74, 6) is -0.547. The Morgan fingerprint density at radius 1 is 0.875 bits per heavy atom. The number of anilines is 2. The second kappa shape index (κ2) is 13.9. The minimum absolute atomic E-state index is 0.00826. The minimum Gasteiger partial charge on any atom is -0.325 e. The molecule has 10 heteroatoms. The average Bonchev–Trinajstić information content (AvgIpc) is 3.36. The lowest BCUT2D eigenvalue weighted by molar-refractivity contribution is -0.387. The predicted molar refractivity (Wildman–Crippen MR) is 198 cm³/mol. The second-order valence-corrected chi connectivity index (χ2v) is 13.6. The van der Waals surface area contributed by atoms with Crippen LogP contribution in [0.15, 0.2) is 112 Å². The van der Waals surface area contributed by atoms with E-state index in [1.807, 2.05) is 107 Å². The molecule has 1 aliphatic heterocycles. The fraction of sp³-hybridized carbons (Fsp3) is 0.132. The molecule has 240 valence electrons. The van der Waals surface area contributed by atoms with Gasteiger partial charge in [-0.2, -0.15) is 0 Å². The number of nitrogens with one attached hydrogen (secondary N) is 1. The third-order valence-electron chi connectivity index (χ3n) is 8.14. The molecule has 5 aromatic rings. The molecule has 1 N–H and O–H groups in total. The Bertz CT molecular complexity index is 2180. The molecule has 0 spiro atoms. The fourth-order valence-corrected chi connectivity index (χ4v) is 7.00. The molecule has 0 radical (unpaired) electrons. The molecule has 8 nitrogen and oxygen atoms in total. The number of carbonyl (C=O) groups is 2. The van der Waals surface area contributed by atoms with Gasteiger partial charge in [0.05, 0.1) is 31.9 Å². The molecule has 0 unspecified atom stereocenters. The van der Waals surface area contributed by atoms with E-state index in [9.17, 15) is 19.7 Å². The number of rotatable bonds is 8. The first kappa shape index (κ1) is 32.7. The predicted octanol–water partition coefficient (Wildman–Crippen LogP) is 9.52. The smallest absolute Gasteiger partial charge is 0.283 e. The van der Waals surface area contributed by atoms with Crippen molar-refractivity contribution in [3.05, 3.63) is 140 Å². The molecule has 1 heterocycles. The number of hydrogen-bond acceptors (Lipinski definition) is 7. The number of aliphatic imine (C=N–C) groups is 1. The molecular formula is C38H32N4O4S2. The lowest BCUT2D eigenvalue weighted by Crippen LogP contribution is -2.28. The molecule has 1 fully saturated rings. The fourth-order valence-electron chi connectivity index (χ4n) is 5.19. The van der Waals surface area contributed by atoms with E-state index in [4.69, 9.17) is 4.99 Å². The van der Waals surface area contributed by atoms with Gasteiger partial charge in [0.25, 0.3) is 11.6 Å². The largest absolute Gasteiger partial charge is 0.325 e. The Hall–Kier alpha value is -5.19. The molecule has 0 aliphatic carbocycles. The zero-order valence-corrected chi connectivity index (χ0v) is 28.4. The number of fused-ring (bicyclic) bond motifs is 1. The highest BCUT2D eigenvalue weighted by Crippen LogP contribution is 2.39. The molecule has 0 aromatic heterocycles. The van der Waals surface area contributed by atoms with Crippen LogP contribution in [0, 0.1) is 37.8 Å². The SMILES string of the molecule is Cc1ccc(N=C2S/C(=C\c3ccc(SCC(=O)Nc4ccc5ccccc5c4)c([N+](=O)[O-])c3)C(=O)N2c2ccc(C)c(C)c2)cc1C. The normalized spacial score (nSPS) is 14.7. The van der Waals surface area contributed by atoms with Gasteiger partial charge in [0.2, 0.25) is 5.91 Å². The number of nitro groups is 1. The van der Waals surface area contributed by atoms with Crippen LogP contribution in [-0.2, 0) is 9.59 Å². The third kappa shape index (κ3) is 7.20. The van der Waals surface area contributed by atoms with E-state index in [0.717, 1.165) is 50.5 Å². The Morgan fingerprint density at radius 3 is 2.33 bits per heavy atom. The maximum atomic E-state index is 13.9. The molecule has 0 saturated carbocycles. The Labute approximate surface area is 287 Å². The Balaban J connectivity index is 1.24. The number of amides is 2. The van der Waals surface area contributed by atoms with Gasteiger partial charge >= 0.3 is 0 Å².